The van der Waals surface area contributed by atoms with Crippen molar-refractivity contribution < 1.29 is 33.4 Å². The number of rotatable bonds is 2. The Morgan fingerprint density at radius 1 is 1.13 bits per heavy atom. The number of Topliss-reactive ketones (excluding diaryl/α,β-unsaturated/α-hetero) is 1. The third kappa shape index (κ3) is 2.16. The molecule has 1 saturated carbocycles. The van der Waals surface area contributed by atoms with Crippen molar-refractivity contribution in [1.29, 1.82) is 0 Å². The maximum absolute atomic E-state index is 13.0. The molecule has 2 aliphatic heterocycles. The monoisotopic (exact) mass is 413 g/mol. The highest BCUT2D eigenvalue weighted by molar-refractivity contribution is 5.91. The molecule has 1 amide bonds. The fraction of sp³-hybridized carbons (Fsp3) is 0.545. The predicted octanol–water partition coefficient (Wildman–Crippen LogP) is 1.45. The van der Waals surface area contributed by atoms with E-state index in [-0.39, 0.29) is 29.9 Å². The van der Waals surface area contributed by atoms with Gasteiger partial charge in [0.15, 0.2) is 23.4 Å². The zero-order valence-corrected chi connectivity index (χ0v) is 17.1. The minimum atomic E-state index is -1.06. The number of carbonyl (C=O) groups is 4. The molecule has 4 atom stereocenters. The molecule has 8 heteroatoms. The molecule has 1 aromatic rings. The lowest BCUT2D eigenvalue weighted by molar-refractivity contribution is -0.214. The van der Waals surface area contributed by atoms with Crippen molar-refractivity contribution in [3.63, 3.8) is 0 Å². The highest BCUT2D eigenvalue weighted by atomic mass is 16.6. The van der Waals surface area contributed by atoms with E-state index in [2.05, 4.69) is 0 Å². The van der Waals surface area contributed by atoms with Gasteiger partial charge in [0, 0.05) is 39.3 Å². The number of hydrogen-bond acceptors (Lipinski definition) is 7. The van der Waals surface area contributed by atoms with E-state index in [0.29, 0.717) is 31.6 Å². The predicted molar refractivity (Wildman–Crippen MR) is 102 cm³/mol. The zero-order chi connectivity index (χ0) is 21.4. The highest BCUT2D eigenvalue weighted by Gasteiger charge is 2.75. The summed E-state index contributed by atoms with van der Waals surface area (Å²) in [5, 5.41) is 0. The second-order valence-electron chi connectivity index (χ2n) is 8.62. The fourth-order valence-corrected chi connectivity index (χ4v) is 6.37. The summed E-state index contributed by atoms with van der Waals surface area (Å²) in [5.74, 6) is -0.443. The van der Waals surface area contributed by atoms with Gasteiger partial charge in [0.2, 0.25) is 5.91 Å². The van der Waals surface area contributed by atoms with Gasteiger partial charge in [-0.25, -0.2) is 0 Å². The topological polar surface area (TPSA) is 99.2 Å². The largest absolute Gasteiger partial charge is 0.477 e. The Morgan fingerprint density at radius 2 is 1.90 bits per heavy atom. The number of nitrogens with zero attached hydrogens (tertiary/aromatic N) is 1. The summed E-state index contributed by atoms with van der Waals surface area (Å²) in [5.41, 5.74) is -0.241. The summed E-state index contributed by atoms with van der Waals surface area (Å²) in [7, 11) is 0. The van der Waals surface area contributed by atoms with Gasteiger partial charge in [-0.2, -0.15) is 0 Å². The molecule has 0 aromatic heterocycles. The first-order chi connectivity index (χ1) is 14.2. The van der Waals surface area contributed by atoms with Crippen LogP contribution in [-0.2, 0) is 35.8 Å². The maximum Gasteiger partial charge on any atom is 0.308 e. The van der Waals surface area contributed by atoms with Crippen molar-refractivity contribution in [2.75, 3.05) is 6.54 Å². The molecule has 1 unspecified atom stereocenters. The standard InChI is InChI=1S/C22H23NO7/c1-11(24)23-9-8-21-18-14-4-5-16(28-12(2)25)19(18)29-20(21)15(27)6-7-22(21,17(23)10-14)30-13(3)26/h4-5,17,20H,6-10H2,1-3H3/t17-,20+,21?,22-/m1/s1. The molecular weight excluding hydrogens is 390 g/mol. The van der Waals surface area contributed by atoms with Gasteiger partial charge in [0.25, 0.3) is 0 Å². The van der Waals surface area contributed by atoms with Gasteiger partial charge in [-0.05, 0) is 30.9 Å². The van der Waals surface area contributed by atoms with Crippen LogP contribution in [0.25, 0.3) is 0 Å². The van der Waals surface area contributed by atoms with Gasteiger partial charge in [0.05, 0.1) is 11.5 Å². The summed E-state index contributed by atoms with van der Waals surface area (Å²) >= 11 is 0. The Labute approximate surface area is 173 Å². The summed E-state index contributed by atoms with van der Waals surface area (Å²) in [4.78, 5) is 51.2. The van der Waals surface area contributed by atoms with Gasteiger partial charge in [-0.1, -0.05) is 6.07 Å². The van der Waals surface area contributed by atoms with E-state index in [1.165, 1.54) is 20.8 Å². The molecule has 8 nitrogen and oxygen atoms in total. The van der Waals surface area contributed by atoms with Crippen LogP contribution in [0.2, 0.25) is 0 Å². The Hall–Kier alpha value is -2.90. The number of benzene rings is 1. The van der Waals surface area contributed by atoms with Crippen molar-refractivity contribution in [2.45, 2.75) is 69.6 Å². The van der Waals surface area contributed by atoms with Gasteiger partial charge in [-0.3, -0.25) is 19.2 Å². The third-order valence-corrected chi connectivity index (χ3v) is 7.19. The molecule has 1 saturated heterocycles. The average Bonchev–Trinajstić information content (AvgIpc) is 3.00. The van der Waals surface area contributed by atoms with Gasteiger partial charge >= 0.3 is 11.9 Å². The first-order valence-electron chi connectivity index (χ1n) is 10.2. The van der Waals surface area contributed by atoms with Crippen LogP contribution < -0.4 is 9.47 Å². The van der Waals surface area contributed by atoms with Crippen molar-refractivity contribution >= 4 is 23.6 Å². The number of piperidine rings is 1. The minimum Gasteiger partial charge on any atom is -0.477 e. The van der Waals surface area contributed by atoms with Crippen LogP contribution in [0.1, 0.15) is 51.2 Å². The highest BCUT2D eigenvalue weighted by Crippen LogP contribution is 2.66. The van der Waals surface area contributed by atoms with E-state index in [1.54, 1.807) is 11.0 Å². The number of esters is 2. The summed E-state index contributed by atoms with van der Waals surface area (Å²) in [6, 6.07) is 3.14. The number of ketones is 1. The molecule has 1 spiro atoms. The molecule has 2 bridgehead atoms. The lowest BCUT2D eigenvalue weighted by Crippen LogP contribution is -2.78. The number of carbonyl (C=O) groups excluding carboxylic acids is 4. The molecule has 1 aromatic carbocycles. The second-order valence-corrected chi connectivity index (χ2v) is 8.62. The van der Waals surface area contributed by atoms with Gasteiger partial charge in [0.1, 0.15) is 5.60 Å². The quantitative estimate of drug-likeness (QED) is 0.534. The molecule has 2 aliphatic carbocycles. The number of ether oxygens (including phenoxy) is 3. The SMILES string of the molecule is CC(=O)Oc1ccc2c3c1O[C@H]1C(=O)CC[C@@]4(OC(C)=O)[C@@H](C2)N(C(C)=O)CCC314. The van der Waals surface area contributed by atoms with E-state index in [0.717, 1.165) is 11.1 Å². The van der Waals surface area contributed by atoms with Crippen LogP contribution in [0.4, 0.5) is 0 Å². The minimum absolute atomic E-state index is 0.0642. The molecule has 2 fully saturated rings. The molecule has 0 radical (unpaired) electrons. The lowest BCUT2D eigenvalue weighted by Gasteiger charge is -2.63. The normalized spacial score (nSPS) is 32.8. The second kappa shape index (κ2) is 6.06. The summed E-state index contributed by atoms with van der Waals surface area (Å²) < 4.78 is 17.7. The van der Waals surface area contributed by atoms with Crippen LogP contribution in [0.5, 0.6) is 11.5 Å². The van der Waals surface area contributed by atoms with Crippen molar-refractivity contribution in [3.05, 3.63) is 23.3 Å². The Morgan fingerprint density at radius 3 is 2.57 bits per heavy atom. The average molecular weight is 413 g/mol. The summed E-state index contributed by atoms with van der Waals surface area (Å²) in [6.45, 7) is 4.61. The van der Waals surface area contributed by atoms with E-state index in [1.807, 2.05) is 6.07 Å². The van der Waals surface area contributed by atoms with E-state index in [4.69, 9.17) is 14.2 Å². The van der Waals surface area contributed by atoms with E-state index < -0.39 is 29.1 Å². The first-order valence-corrected chi connectivity index (χ1v) is 10.2. The number of amides is 1. The van der Waals surface area contributed by atoms with Crippen LogP contribution in [-0.4, -0.2) is 52.8 Å². The van der Waals surface area contributed by atoms with E-state index >= 15 is 0 Å². The lowest BCUT2D eigenvalue weighted by atomic mass is 9.48. The van der Waals surface area contributed by atoms with E-state index in [9.17, 15) is 19.2 Å². The molecule has 30 heavy (non-hydrogen) atoms. The Balaban J connectivity index is 1.81. The Bertz CT molecular complexity index is 1020. The number of hydrogen-bond donors (Lipinski definition) is 0. The van der Waals surface area contributed by atoms with Crippen molar-refractivity contribution in [2.24, 2.45) is 0 Å². The van der Waals surface area contributed by atoms with Crippen LogP contribution in [0.3, 0.4) is 0 Å². The van der Waals surface area contributed by atoms with Gasteiger partial charge < -0.3 is 19.1 Å². The maximum atomic E-state index is 13.0. The third-order valence-electron chi connectivity index (χ3n) is 7.19. The summed E-state index contributed by atoms with van der Waals surface area (Å²) in [6.07, 6.45) is 0.579. The van der Waals surface area contributed by atoms with Crippen molar-refractivity contribution in [1.82, 2.24) is 4.90 Å². The van der Waals surface area contributed by atoms with Crippen LogP contribution >= 0.6 is 0 Å². The first kappa shape index (κ1) is 19.1. The fourth-order valence-electron chi connectivity index (χ4n) is 6.37. The molecule has 5 rings (SSSR count). The molecular formula is C22H23NO7. The van der Waals surface area contributed by atoms with Crippen molar-refractivity contribution in [3.8, 4) is 11.5 Å². The molecule has 4 aliphatic rings. The van der Waals surface area contributed by atoms with Crippen LogP contribution in [0, 0.1) is 0 Å². The zero-order valence-electron chi connectivity index (χ0n) is 17.1. The molecule has 0 N–H and O–H groups in total. The molecule has 158 valence electrons. The van der Waals surface area contributed by atoms with Crippen LogP contribution in [0.15, 0.2) is 12.1 Å². The number of likely N-dealkylation sites (tertiary alicyclic amines) is 1. The Kier molecular flexibility index (Phi) is 3.85. The smallest absolute Gasteiger partial charge is 0.308 e. The molecule has 2 heterocycles. The van der Waals surface area contributed by atoms with Gasteiger partial charge in [-0.15, -0.1) is 0 Å².